The monoisotopic (exact) mass is 446 g/mol. The lowest BCUT2D eigenvalue weighted by molar-refractivity contribution is 0.123. The van der Waals surface area contributed by atoms with Crippen molar-refractivity contribution in [1.29, 1.82) is 0 Å². The van der Waals surface area contributed by atoms with Gasteiger partial charge in [-0.05, 0) is 18.1 Å². The number of oxime groups is 1. The summed E-state index contributed by atoms with van der Waals surface area (Å²) in [6.07, 6.45) is 5.07. The lowest BCUT2D eigenvalue weighted by atomic mass is 10.1. The number of imidazole rings is 1. The molecule has 158 valence electrons. The van der Waals surface area contributed by atoms with Gasteiger partial charge in [0.05, 0.1) is 17.2 Å². The van der Waals surface area contributed by atoms with Crippen LogP contribution in [0.5, 0.6) is 0 Å². The summed E-state index contributed by atoms with van der Waals surface area (Å²) >= 11 is 0. The Kier molecular flexibility index (Phi) is 7.97. The number of halogens is 2. The second kappa shape index (κ2) is 10.2. The highest BCUT2D eigenvalue weighted by Crippen LogP contribution is 2.29. The smallest absolute Gasteiger partial charge is 0.174 e. The number of nitrogens with two attached hydrogens (primary N) is 1. The van der Waals surface area contributed by atoms with E-state index in [0.717, 1.165) is 34.4 Å². The van der Waals surface area contributed by atoms with Crippen molar-refractivity contribution < 1.29 is 4.84 Å². The van der Waals surface area contributed by atoms with Gasteiger partial charge in [0.25, 0.3) is 0 Å². The minimum atomic E-state index is 0. The number of fused-ring (bicyclic) bond motifs is 3. The SMILES string of the molecule is CC(C)Cn1c(CON=Cc2cccnc2)nc2c(N)nc3ccccc3c21.Cl.Cl. The van der Waals surface area contributed by atoms with Gasteiger partial charge in [-0.1, -0.05) is 43.3 Å². The zero-order valence-electron chi connectivity index (χ0n) is 16.7. The fraction of sp³-hybridized carbons (Fsp3) is 0.238. The Morgan fingerprint density at radius 2 is 1.93 bits per heavy atom. The van der Waals surface area contributed by atoms with Gasteiger partial charge in [-0.15, -0.1) is 24.8 Å². The van der Waals surface area contributed by atoms with Gasteiger partial charge in [0.2, 0.25) is 0 Å². The molecular weight excluding hydrogens is 423 g/mol. The summed E-state index contributed by atoms with van der Waals surface area (Å²) in [5.74, 6) is 1.64. The van der Waals surface area contributed by atoms with Gasteiger partial charge < -0.3 is 15.1 Å². The van der Waals surface area contributed by atoms with E-state index in [2.05, 4.69) is 33.5 Å². The molecule has 0 unspecified atom stereocenters. The van der Waals surface area contributed by atoms with Gasteiger partial charge in [0.15, 0.2) is 18.2 Å². The van der Waals surface area contributed by atoms with Crippen LogP contribution in [0.15, 0.2) is 53.9 Å². The van der Waals surface area contributed by atoms with E-state index < -0.39 is 0 Å². The number of nitrogen functional groups attached to an aromatic ring is 1. The van der Waals surface area contributed by atoms with E-state index in [-0.39, 0.29) is 31.4 Å². The minimum Gasteiger partial charge on any atom is -0.388 e. The summed E-state index contributed by atoms with van der Waals surface area (Å²) in [7, 11) is 0. The van der Waals surface area contributed by atoms with Crippen LogP contribution in [0.4, 0.5) is 5.82 Å². The van der Waals surface area contributed by atoms with Gasteiger partial charge >= 0.3 is 0 Å². The maximum Gasteiger partial charge on any atom is 0.174 e. The zero-order valence-corrected chi connectivity index (χ0v) is 18.4. The summed E-state index contributed by atoms with van der Waals surface area (Å²) in [5, 5.41) is 5.08. The normalized spacial score (nSPS) is 11.0. The van der Waals surface area contributed by atoms with Crippen molar-refractivity contribution in [3.05, 3.63) is 60.2 Å². The summed E-state index contributed by atoms with van der Waals surface area (Å²) in [4.78, 5) is 18.8. The van der Waals surface area contributed by atoms with E-state index >= 15 is 0 Å². The third-order valence-electron chi connectivity index (χ3n) is 4.39. The number of hydrogen-bond acceptors (Lipinski definition) is 6. The molecule has 2 N–H and O–H groups in total. The van der Waals surface area contributed by atoms with E-state index in [4.69, 9.17) is 15.6 Å². The van der Waals surface area contributed by atoms with Crippen LogP contribution in [-0.4, -0.2) is 25.7 Å². The van der Waals surface area contributed by atoms with Gasteiger partial charge in [-0.25, -0.2) is 9.97 Å². The summed E-state index contributed by atoms with van der Waals surface area (Å²) in [5.41, 5.74) is 9.63. The van der Waals surface area contributed by atoms with Crippen LogP contribution in [0.25, 0.3) is 21.9 Å². The largest absolute Gasteiger partial charge is 0.388 e. The maximum atomic E-state index is 6.20. The predicted molar refractivity (Wildman–Crippen MR) is 125 cm³/mol. The van der Waals surface area contributed by atoms with Crippen LogP contribution in [0.2, 0.25) is 0 Å². The summed E-state index contributed by atoms with van der Waals surface area (Å²) < 4.78 is 2.17. The first kappa shape index (κ1) is 23.4. The number of nitrogens with zero attached hydrogens (tertiary/aromatic N) is 5. The predicted octanol–water partition coefficient (Wildman–Crippen LogP) is 4.61. The summed E-state index contributed by atoms with van der Waals surface area (Å²) in [6.45, 7) is 5.38. The molecule has 3 aromatic heterocycles. The number of pyridine rings is 2. The number of anilines is 1. The highest BCUT2D eigenvalue weighted by atomic mass is 35.5. The zero-order chi connectivity index (χ0) is 19.5. The third-order valence-corrected chi connectivity index (χ3v) is 4.39. The number of aromatic nitrogens is 4. The minimum absolute atomic E-state index is 0. The van der Waals surface area contributed by atoms with Gasteiger partial charge in [-0.3, -0.25) is 4.98 Å². The van der Waals surface area contributed by atoms with E-state index in [9.17, 15) is 0 Å². The fourth-order valence-electron chi connectivity index (χ4n) is 3.22. The van der Waals surface area contributed by atoms with E-state index in [1.807, 2.05) is 36.4 Å². The molecule has 4 aromatic rings. The molecule has 0 aliphatic rings. The average Bonchev–Trinajstić information content (AvgIpc) is 3.05. The van der Waals surface area contributed by atoms with E-state index in [1.54, 1.807) is 18.6 Å². The Labute approximate surface area is 187 Å². The lowest BCUT2D eigenvalue weighted by Crippen LogP contribution is -2.09. The third kappa shape index (κ3) is 4.80. The Morgan fingerprint density at radius 1 is 1.13 bits per heavy atom. The van der Waals surface area contributed by atoms with Crippen molar-refractivity contribution >= 4 is 58.8 Å². The van der Waals surface area contributed by atoms with Crippen LogP contribution in [0, 0.1) is 5.92 Å². The first-order valence-electron chi connectivity index (χ1n) is 9.22. The van der Waals surface area contributed by atoms with Crippen molar-refractivity contribution in [2.45, 2.75) is 27.0 Å². The highest BCUT2D eigenvalue weighted by Gasteiger charge is 2.18. The molecule has 0 atom stereocenters. The lowest BCUT2D eigenvalue weighted by Gasteiger charge is -2.12. The molecule has 0 aliphatic heterocycles. The molecule has 4 rings (SSSR count). The maximum absolute atomic E-state index is 6.20. The molecule has 0 saturated heterocycles. The molecule has 0 radical (unpaired) electrons. The first-order valence-corrected chi connectivity index (χ1v) is 9.22. The van der Waals surface area contributed by atoms with Crippen LogP contribution < -0.4 is 5.73 Å². The fourth-order valence-corrected chi connectivity index (χ4v) is 3.22. The van der Waals surface area contributed by atoms with Crippen molar-refractivity contribution in [3.8, 4) is 0 Å². The van der Waals surface area contributed by atoms with Crippen molar-refractivity contribution in [3.63, 3.8) is 0 Å². The van der Waals surface area contributed by atoms with Crippen LogP contribution >= 0.6 is 24.8 Å². The second-order valence-electron chi connectivity index (χ2n) is 7.04. The molecular formula is C21H24Cl2N6O. The number of hydrogen-bond donors (Lipinski definition) is 1. The van der Waals surface area contributed by atoms with Crippen molar-refractivity contribution in [2.75, 3.05) is 5.73 Å². The van der Waals surface area contributed by atoms with Crippen molar-refractivity contribution in [1.82, 2.24) is 19.5 Å². The molecule has 0 aliphatic carbocycles. The highest BCUT2D eigenvalue weighted by molar-refractivity contribution is 6.06. The molecule has 0 bridgehead atoms. The first-order chi connectivity index (χ1) is 13.6. The molecule has 0 spiro atoms. The molecule has 0 saturated carbocycles. The Morgan fingerprint density at radius 3 is 2.67 bits per heavy atom. The van der Waals surface area contributed by atoms with Crippen molar-refractivity contribution in [2.24, 2.45) is 11.1 Å². The average molecular weight is 447 g/mol. The van der Waals surface area contributed by atoms with Gasteiger partial charge in [0.1, 0.15) is 5.52 Å². The molecule has 0 amide bonds. The topological polar surface area (TPSA) is 91.2 Å². The Hall–Kier alpha value is -2.90. The van der Waals surface area contributed by atoms with Crippen LogP contribution in [0.1, 0.15) is 25.2 Å². The second-order valence-corrected chi connectivity index (χ2v) is 7.04. The van der Waals surface area contributed by atoms with Gasteiger partial charge in [-0.2, -0.15) is 0 Å². The number of benzene rings is 1. The quantitative estimate of drug-likeness (QED) is 0.344. The molecule has 1 aromatic carbocycles. The molecule has 0 fully saturated rings. The van der Waals surface area contributed by atoms with E-state index in [1.165, 1.54) is 0 Å². The number of rotatable bonds is 6. The standard InChI is InChI=1S/C21H22N6O.2ClH/c1-14(2)12-27-18(13-28-24-11-15-6-5-9-23-10-15)26-19-20(27)16-7-3-4-8-17(16)25-21(19)22;;/h3-11,14H,12-13H2,1-2H3,(H2,22,25);2*1H. The Bertz CT molecular complexity index is 1140. The molecule has 9 heteroatoms. The van der Waals surface area contributed by atoms with Crippen LogP contribution in [-0.2, 0) is 18.0 Å². The number of para-hydroxylation sites is 1. The summed E-state index contributed by atoms with van der Waals surface area (Å²) in [6, 6.07) is 11.7. The molecule has 3 heterocycles. The Balaban J connectivity index is 0.00000160. The van der Waals surface area contributed by atoms with Crippen LogP contribution in [0.3, 0.4) is 0 Å². The molecule has 30 heavy (non-hydrogen) atoms. The van der Waals surface area contributed by atoms with Gasteiger partial charge in [0, 0.05) is 29.9 Å². The van der Waals surface area contributed by atoms with E-state index in [0.29, 0.717) is 17.3 Å². The molecule has 7 nitrogen and oxygen atoms in total.